The summed E-state index contributed by atoms with van der Waals surface area (Å²) in [4.78, 5) is 28.3. The number of tetrazole rings is 2. The maximum Gasteiger partial charge on any atom is 0.226 e. The molecule has 6 aromatic heterocycles. The molecule has 8 rings (SSSR count). The first-order chi connectivity index (χ1) is 26.0. The summed E-state index contributed by atoms with van der Waals surface area (Å²) in [7, 11) is 0. The Morgan fingerprint density at radius 1 is 0.685 bits per heavy atom. The fourth-order valence-electron chi connectivity index (χ4n) is 6.11. The number of hydrogen-bond acceptors (Lipinski definition) is 21. The second-order valence-corrected chi connectivity index (χ2v) is 13.0. The number of nitrogens with zero attached hydrogens (tertiary/aromatic N) is 16. The molecule has 2 aliphatic heterocycles. The lowest BCUT2D eigenvalue weighted by atomic mass is 10.1. The van der Waals surface area contributed by atoms with E-state index in [1.54, 1.807) is 0 Å². The average molecular weight is 792 g/mol. The van der Waals surface area contributed by atoms with Crippen molar-refractivity contribution >= 4 is 57.2 Å². The summed E-state index contributed by atoms with van der Waals surface area (Å²) < 4.78 is 14.7. The molecule has 2 saturated heterocycles. The lowest BCUT2D eigenvalue weighted by Gasteiger charge is -2.17. The summed E-state index contributed by atoms with van der Waals surface area (Å²) in [6, 6.07) is 0. The second-order valence-electron chi connectivity index (χ2n) is 12.3. The number of nitrogens with one attached hydrogen (secondary N) is 2. The smallest absolute Gasteiger partial charge is 0.226 e. The van der Waals surface area contributed by atoms with Crippen LogP contribution in [0.4, 0.5) is 11.6 Å². The summed E-state index contributed by atoms with van der Waals surface area (Å²) >= 11 is 12.5. The highest BCUT2D eigenvalue weighted by atomic mass is 35.5. The van der Waals surface area contributed by atoms with Gasteiger partial charge in [0.05, 0.1) is 31.8 Å². The van der Waals surface area contributed by atoms with E-state index in [1.807, 2.05) is 13.8 Å². The number of hydrogen-bond donors (Lipinski definition) is 7. The molecule has 27 heteroatoms. The SMILES string of the molecule is CCn1nnc([C@H]2O[C@@H](n3cnc4c(NCC(O)CNc5nc(Cl)nc6c5ncn6[C@@H]5O[C@H](c6nnn(CC)n6)[C@@H](O)[C@H]5O)nc(Cl)nc43)[C@H](O)[C@@H]2O)n1. The summed E-state index contributed by atoms with van der Waals surface area (Å²) in [6.45, 7) is 4.44. The first-order valence-corrected chi connectivity index (χ1v) is 17.3. The van der Waals surface area contributed by atoms with E-state index in [-0.39, 0.29) is 69.3 Å². The molecule has 54 heavy (non-hydrogen) atoms. The standard InChI is InChI=1S/C27H32Cl2N18O7/c1-3-46-40-20(38-42-46)16-12(49)14(51)24(53-16)44-7-32-10-18(34-26(28)36-22(10)44)30-5-9(48)6-31-19-11-23(37-27(29)35-19)45(8-33-11)25-15(52)13(50)17(54-25)21-39-43-47(4-2)41-21/h7-9,12-17,24-25,48-52H,3-6H2,1-2H3,(H,30,34,36)(H,31,35,37)/t12-,13-,14+,15+,16-,17-,24+,25+/m0/s1. The number of aliphatic hydroxyl groups is 5. The minimum absolute atomic E-state index is 0.0567. The molecule has 25 nitrogen and oxygen atoms in total. The van der Waals surface area contributed by atoms with Gasteiger partial charge in [-0.1, -0.05) is 0 Å². The van der Waals surface area contributed by atoms with Gasteiger partial charge < -0.3 is 45.6 Å². The van der Waals surface area contributed by atoms with E-state index in [4.69, 9.17) is 32.7 Å². The molecule has 8 atom stereocenters. The highest BCUT2D eigenvalue weighted by molar-refractivity contribution is 6.29. The second kappa shape index (κ2) is 14.4. The van der Waals surface area contributed by atoms with Crippen molar-refractivity contribution in [2.24, 2.45) is 0 Å². The number of aliphatic hydroxyl groups excluding tert-OH is 5. The van der Waals surface area contributed by atoms with Gasteiger partial charge in [-0.2, -0.15) is 29.5 Å². The van der Waals surface area contributed by atoms with Crippen LogP contribution in [0.15, 0.2) is 12.7 Å². The molecule has 0 unspecified atom stereocenters. The van der Waals surface area contributed by atoms with Crippen molar-refractivity contribution in [2.45, 2.75) is 82.1 Å². The Morgan fingerprint density at radius 3 is 1.50 bits per heavy atom. The molecule has 0 radical (unpaired) electrons. The Morgan fingerprint density at radius 2 is 1.11 bits per heavy atom. The van der Waals surface area contributed by atoms with Crippen molar-refractivity contribution in [1.82, 2.24) is 79.5 Å². The van der Waals surface area contributed by atoms with Crippen LogP contribution < -0.4 is 10.6 Å². The fraction of sp³-hybridized carbons (Fsp3) is 0.556. The van der Waals surface area contributed by atoms with Gasteiger partial charge in [-0.05, 0) is 47.5 Å². The Kier molecular flexibility index (Phi) is 9.65. The van der Waals surface area contributed by atoms with Crippen LogP contribution in [0, 0.1) is 0 Å². The maximum absolute atomic E-state index is 10.9. The number of halogens is 2. The van der Waals surface area contributed by atoms with Crippen molar-refractivity contribution < 1.29 is 35.0 Å². The van der Waals surface area contributed by atoms with Crippen LogP contribution in [0.25, 0.3) is 22.3 Å². The number of imidazole rings is 2. The van der Waals surface area contributed by atoms with Gasteiger partial charge in [0.25, 0.3) is 0 Å². The molecule has 2 fully saturated rings. The van der Waals surface area contributed by atoms with Crippen LogP contribution in [0.2, 0.25) is 10.6 Å². The Hall–Kier alpha value is -4.86. The number of aromatic nitrogens is 16. The third kappa shape index (κ3) is 6.41. The van der Waals surface area contributed by atoms with Crippen LogP contribution in [-0.4, -0.2) is 149 Å². The van der Waals surface area contributed by atoms with Gasteiger partial charge >= 0.3 is 0 Å². The molecule has 7 N–H and O–H groups in total. The summed E-state index contributed by atoms with van der Waals surface area (Å²) in [5, 5.41) is 83.8. The van der Waals surface area contributed by atoms with E-state index in [0.29, 0.717) is 13.1 Å². The third-order valence-corrected chi connectivity index (χ3v) is 9.17. The maximum atomic E-state index is 10.9. The predicted octanol–water partition coefficient (Wildman–Crippen LogP) is -1.85. The first-order valence-electron chi connectivity index (χ1n) is 16.6. The van der Waals surface area contributed by atoms with Crippen LogP contribution in [0.1, 0.15) is 50.2 Å². The third-order valence-electron chi connectivity index (χ3n) is 8.83. The largest absolute Gasteiger partial charge is 0.389 e. The van der Waals surface area contributed by atoms with Crippen LogP contribution >= 0.6 is 23.2 Å². The lowest BCUT2D eigenvalue weighted by Crippen LogP contribution is -2.29. The van der Waals surface area contributed by atoms with Gasteiger partial charge in [0, 0.05) is 13.1 Å². The molecular formula is C27H32Cl2N18O7. The summed E-state index contributed by atoms with van der Waals surface area (Å²) in [5.74, 6) is 0.561. The van der Waals surface area contributed by atoms with Gasteiger partial charge in [-0.25, -0.2) is 9.97 Å². The van der Waals surface area contributed by atoms with Crippen LogP contribution in [0.3, 0.4) is 0 Å². The van der Waals surface area contributed by atoms with Crippen LogP contribution in [-0.2, 0) is 22.6 Å². The van der Waals surface area contributed by atoms with Gasteiger partial charge in [0.2, 0.25) is 22.2 Å². The lowest BCUT2D eigenvalue weighted by molar-refractivity contribution is -0.0384. The fourth-order valence-corrected chi connectivity index (χ4v) is 6.44. The quantitative estimate of drug-likeness (QED) is 0.0669. The highest BCUT2D eigenvalue weighted by Gasteiger charge is 2.48. The molecular weight excluding hydrogens is 759 g/mol. The van der Waals surface area contributed by atoms with E-state index in [0.717, 1.165) is 0 Å². The molecule has 2 aliphatic rings. The molecule has 286 valence electrons. The monoisotopic (exact) mass is 790 g/mol. The van der Waals surface area contributed by atoms with E-state index in [9.17, 15) is 25.5 Å². The summed E-state index contributed by atoms with van der Waals surface area (Å²) in [5.41, 5.74) is 0.847. The first kappa shape index (κ1) is 36.1. The number of rotatable bonds is 12. The van der Waals surface area contributed by atoms with Crippen molar-refractivity contribution in [3.05, 3.63) is 34.9 Å². The zero-order chi connectivity index (χ0) is 37.8. The summed E-state index contributed by atoms with van der Waals surface area (Å²) in [6.07, 6.45) is -8.31. The zero-order valence-electron chi connectivity index (χ0n) is 28.1. The normalized spacial score (nSPS) is 26.3. The van der Waals surface area contributed by atoms with Gasteiger partial charge in [-0.15, -0.1) is 20.4 Å². The highest BCUT2D eigenvalue weighted by Crippen LogP contribution is 2.40. The zero-order valence-corrected chi connectivity index (χ0v) is 29.7. The predicted molar refractivity (Wildman–Crippen MR) is 180 cm³/mol. The van der Waals surface area contributed by atoms with Crippen molar-refractivity contribution in [3.63, 3.8) is 0 Å². The molecule has 0 bridgehead atoms. The number of aryl methyl sites for hydroxylation is 2. The van der Waals surface area contributed by atoms with E-state index in [1.165, 1.54) is 31.4 Å². The van der Waals surface area contributed by atoms with Gasteiger partial charge in [-0.3, -0.25) is 9.13 Å². The van der Waals surface area contributed by atoms with Gasteiger partial charge in [0.1, 0.15) is 24.4 Å². The Balaban J connectivity index is 0.946. The molecule has 0 amide bonds. The molecule has 6 aromatic rings. The topological polar surface area (TPSA) is 318 Å². The minimum Gasteiger partial charge on any atom is -0.389 e. The van der Waals surface area contributed by atoms with E-state index < -0.39 is 55.2 Å². The number of anilines is 2. The average Bonchev–Trinajstić information content (AvgIpc) is 4.02. The van der Waals surface area contributed by atoms with E-state index in [2.05, 4.69) is 71.4 Å². The molecule has 0 aromatic carbocycles. The van der Waals surface area contributed by atoms with Crippen molar-refractivity contribution in [1.29, 1.82) is 0 Å². The number of ether oxygens (including phenoxy) is 2. The van der Waals surface area contributed by atoms with Gasteiger partial charge in [0.15, 0.2) is 58.6 Å². The Bertz CT molecular complexity index is 2130. The van der Waals surface area contributed by atoms with Crippen molar-refractivity contribution in [2.75, 3.05) is 23.7 Å². The molecule has 0 aliphatic carbocycles. The Labute approximate surface area is 311 Å². The number of fused-ring (bicyclic) bond motifs is 2. The van der Waals surface area contributed by atoms with Crippen LogP contribution in [0.5, 0.6) is 0 Å². The van der Waals surface area contributed by atoms with E-state index >= 15 is 0 Å². The molecule has 0 spiro atoms. The molecule has 8 heterocycles. The van der Waals surface area contributed by atoms with Crippen molar-refractivity contribution in [3.8, 4) is 0 Å². The minimum atomic E-state index is -1.40. The molecule has 0 saturated carbocycles.